The van der Waals surface area contributed by atoms with Crippen molar-refractivity contribution < 1.29 is 4.79 Å². The van der Waals surface area contributed by atoms with Gasteiger partial charge in [0.1, 0.15) is 0 Å². The second-order valence-corrected chi connectivity index (χ2v) is 6.41. The van der Waals surface area contributed by atoms with Crippen LogP contribution in [0.2, 0.25) is 0 Å². The van der Waals surface area contributed by atoms with Gasteiger partial charge in [-0.15, -0.1) is 0 Å². The highest BCUT2D eigenvalue weighted by Gasteiger charge is 2.38. The number of carbonyl (C=O) groups is 1. The van der Waals surface area contributed by atoms with Crippen molar-refractivity contribution in [2.24, 2.45) is 17.1 Å². The molecular weight excluding hydrogens is 262 g/mol. The molecule has 0 saturated carbocycles. The van der Waals surface area contributed by atoms with Crippen LogP contribution in [0.15, 0.2) is 0 Å². The van der Waals surface area contributed by atoms with Crippen molar-refractivity contribution in [2.75, 3.05) is 39.3 Å². The van der Waals surface area contributed by atoms with E-state index in [1.165, 1.54) is 6.54 Å². The van der Waals surface area contributed by atoms with E-state index in [0.717, 1.165) is 57.8 Å². The lowest BCUT2D eigenvalue weighted by molar-refractivity contribution is -0.143. The average Bonchev–Trinajstić information content (AvgIpc) is 2.55. The second kappa shape index (κ2) is 8.74. The molecule has 0 aromatic heterocycles. The Hall–Kier alpha value is -0.610. The molecule has 1 aliphatic rings. The lowest BCUT2D eigenvalue weighted by atomic mass is 9.80. The number of likely N-dealkylation sites (tertiary alicyclic amines) is 1. The van der Waals surface area contributed by atoms with E-state index in [2.05, 4.69) is 37.5 Å². The number of carbonyl (C=O) groups excluding carboxylic acids is 1. The molecule has 1 aliphatic heterocycles. The van der Waals surface area contributed by atoms with Crippen LogP contribution in [0.25, 0.3) is 0 Å². The molecular formula is C17H35N3O. The molecule has 0 atom stereocenters. The highest BCUT2D eigenvalue weighted by Crippen LogP contribution is 2.30. The third kappa shape index (κ3) is 4.43. The van der Waals surface area contributed by atoms with Gasteiger partial charge in [0, 0.05) is 26.2 Å². The van der Waals surface area contributed by atoms with E-state index in [1.807, 2.05) is 0 Å². The number of nitrogens with zero attached hydrogens (tertiary/aromatic N) is 2. The van der Waals surface area contributed by atoms with Crippen LogP contribution in [0.4, 0.5) is 0 Å². The Kier molecular flexibility index (Phi) is 7.67. The van der Waals surface area contributed by atoms with E-state index < -0.39 is 0 Å². The van der Waals surface area contributed by atoms with Gasteiger partial charge in [0.05, 0.1) is 5.41 Å². The van der Waals surface area contributed by atoms with Crippen LogP contribution in [0.3, 0.4) is 0 Å². The first kappa shape index (κ1) is 18.4. The number of amides is 1. The average molecular weight is 297 g/mol. The zero-order valence-corrected chi connectivity index (χ0v) is 14.5. The van der Waals surface area contributed by atoms with Crippen molar-refractivity contribution in [2.45, 2.75) is 53.4 Å². The molecule has 4 heteroatoms. The predicted molar refractivity (Wildman–Crippen MR) is 89.2 cm³/mol. The van der Waals surface area contributed by atoms with Gasteiger partial charge in [-0.2, -0.15) is 0 Å². The largest absolute Gasteiger partial charge is 0.342 e. The van der Waals surface area contributed by atoms with Gasteiger partial charge in [-0.1, -0.05) is 27.7 Å². The molecule has 0 bridgehead atoms. The summed E-state index contributed by atoms with van der Waals surface area (Å²) in [7, 11) is 0. The van der Waals surface area contributed by atoms with Gasteiger partial charge in [-0.25, -0.2) is 0 Å². The van der Waals surface area contributed by atoms with Gasteiger partial charge in [0.25, 0.3) is 0 Å². The molecule has 1 heterocycles. The number of piperidine rings is 1. The second-order valence-electron chi connectivity index (χ2n) is 6.41. The highest BCUT2D eigenvalue weighted by atomic mass is 16.2. The molecule has 1 amide bonds. The Balaban J connectivity index is 2.54. The summed E-state index contributed by atoms with van der Waals surface area (Å²) < 4.78 is 0. The number of nitrogens with two attached hydrogens (primary N) is 1. The van der Waals surface area contributed by atoms with Crippen LogP contribution in [-0.2, 0) is 4.79 Å². The van der Waals surface area contributed by atoms with E-state index in [-0.39, 0.29) is 11.3 Å². The van der Waals surface area contributed by atoms with Crippen molar-refractivity contribution in [3.63, 3.8) is 0 Å². The molecule has 2 N–H and O–H groups in total. The Morgan fingerprint density at radius 1 is 1.14 bits per heavy atom. The van der Waals surface area contributed by atoms with Crippen LogP contribution >= 0.6 is 0 Å². The molecule has 1 rings (SSSR count). The van der Waals surface area contributed by atoms with E-state index in [4.69, 9.17) is 5.73 Å². The van der Waals surface area contributed by atoms with E-state index in [0.29, 0.717) is 6.54 Å². The Morgan fingerprint density at radius 3 is 2.05 bits per heavy atom. The number of hydrogen-bond donors (Lipinski definition) is 1. The van der Waals surface area contributed by atoms with E-state index >= 15 is 0 Å². The normalized spacial score (nSPS) is 17.5. The summed E-state index contributed by atoms with van der Waals surface area (Å²) in [6.07, 6.45) is 3.96. The lowest BCUT2D eigenvalue weighted by Crippen LogP contribution is -2.50. The minimum absolute atomic E-state index is 0.288. The quantitative estimate of drug-likeness (QED) is 0.748. The SMILES string of the molecule is CCN(CC)CC1CCN(C(=O)C(CC)(CC)CN)CC1. The summed E-state index contributed by atoms with van der Waals surface area (Å²) in [6, 6.07) is 0. The van der Waals surface area contributed by atoms with Crippen LogP contribution in [0, 0.1) is 11.3 Å². The van der Waals surface area contributed by atoms with E-state index in [1.54, 1.807) is 0 Å². The van der Waals surface area contributed by atoms with Gasteiger partial charge in [0.15, 0.2) is 0 Å². The summed E-state index contributed by atoms with van der Waals surface area (Å²) in [5.74, 6) is 1.03. The minimum atomic E-state index is -0.328. The Labute approximate surface area is 131 Å². The maximum absolute atomic E-state index is 12.8. The number of hydrogen-bond acceptors (Lipinski definition) is 3. The fourth-order valence-electron chi connectivity index (χ4n) is 3.43. The molecule has 0 aromatic carbocycles. The highest BCUT2D eigenvalue weighted by molar-refractivity contribution is 5.83. The smallest absolute Gasteiger partial charge is 0.230 e. The van der Waals surface area contributed by atoms with Crippen LogP contribution in [0.1, 0.15) is 53.4 Å². The first-order valence-corrected chi connectivity index (χ1v) is 8.78. The van der Waals surface area contributed by atoms with E-state index in [9.17, 15) is 4.79 Å². The minimum Gasteiger partial charge on any atom is -0.342 e. The molecule has 0 unspecified atom stereocenters. The van der Waals surface area contributed by atoms with Crippen molar-refractivity contribution in [1.29, 1.82) is 0 Å². The number of rotatable bonds is 8. The van der Waals surface area contributed by atoms with Gasteiger partial charge < -0.3 is 15.5 Å². The maximum atomic E-state index is 12.8. The maximum Gasteiger partial charge on any atom is 0.230 e. The van der Waals surface area contributed by atoms with Crippen molar-refractivity contribution in [3.8, 4) is 0 Å². The lowest BCUT2D eigenvalue weighted by Gasteiger charge is -2.40. The summed E-state index contributed by atoms with van der Waals surface area (Å²) in [5, 5.41) is 0. The standard InChI is InChI=1S/C17H35N3O/c1-5-17(6-2,14-18)16(21)20-11-9-15(10-12-20)13-19(7-3)8-4/h15H,5-14,18H2,1-4H3. The third-order valence-corrected chi connectivity index (χ3v) is 5.51. The van der Waals surface area contributed by atoms with Gasteiger partial charge in [0.2, 0.25) is 5.91 Å². The fraction of sp³-hybridized carbons (Fsp3) is 0.941. The first-order valence-electron chi connectivity index (χ1n) is 8.78. The molecule has 1 fully saturated rings. The molecule has 0 aromatic rings. The monoisotopic (exact) mass is 297 g/mol. The first-order chi connectivity index (χ1) is 10.1. The zero-order valence-electron chi connectivity index (χ0n) is 14.5. The summed E-state index contributed by atoms with van der Waals surface area (Å²) >= 11 is 0. The van der Waals surface area contributed by atoms with Crippen molar-refractivity contribution in [1.82, 2.24) is 9.80 Å². The molecule has 0 aliphatic carbocycles. The van der Waals surface area contributed by atoms with Gasteiger partial charge >= 0.3 is 0 Å². The molecule has 0 radical (unpaired) electrons. The van der Waals surface area contributed by atoms with Crippen molar-refractivity contribution in [3.05, 3.63) is 0 Å². The topological polar surface area (TPSA) is 49.6 Å². The summed E-state index contributed by atoms with van der Waals surface area (Å²) in [6.45, 7) is 14.3. The fourth-order valence-corrected chi connectivity index (χ4v) is 3.43. The predicted octanol–water partition coefficient (Wildman–Crippen LogP) is 2.33. The van der Waals surface area contributed by atoms with Gasteiger partial charge in [-0.3, -0.25) is 4.79 Å². The summed E-state index contributed by atoms with van der Waals surface area (Å²) in [4.78, 5) is 17.3. The Bertz CT molecular complexity index is 295. The Morgan fingerprint density at radius 2 is 1.67 bits per heavy atom. The van der Waals surface area contributed by atoms with Crippen LogP contribution in [0.5, 0.6) is 0 Å². The molecule has 1 saturated heterocycles. The molecule has 4 nitrogen and oxygen atoms in total. The van der Waals surface area contributed by atoms with Crippen molar-refractivity contribution >= 4 is 5.91 Å². The molecule has 0 spiro atoms. The zero-order chi connectivity index (χ0) is 15.9. The third-order valence-electron chi connectivity index (χ3n) is 5.51. The summed E-state index contributed by atoms with van der Waals surface area (Å²) in [5.41, 5.74) is 5.58. The van der Waals surface area contributed by atoms with Crippen LogP contribution < -0.4 is 5.73 Å². The van der Waals surface area contributed by atoms with Crippen LogP contribution in [-0.4, -0.2) is 55.0 Å². The van der Waals surface area contributed by atoms with Gasteiger partial charge in [-0.05, 0) is 44.7 Å². The molecule has 124 valence electrons. The molecule has 21 heavy (non-hydrogen) atoms.